The number of benzene rings is 1. The van der Waals surface area contributed by atoms with Gasteiger partial charge in [-0.1, -0.05) is 31.0 Å². The molecule has 1 aromatic rings. The van der Waals surface area contributed by atoms with Crippen molar-refractivity contribution in [2.75, 3.05) is 13.1 Å². The molecule has 4 nitrogen and oxygen atoms in total. The van der Waals surface area contributed by atoms with Crippen LogP contribution in [0.4, 0.5) is 0 Å². The number of carbonyl (C=O) groups is 1. The molecule has 4 heteroatoms. The number of hydrogen-bond acceptors (Lipinski definition) is 4. The number of rotatable bonds is 4. The minimum absolute atomic E-state index is 0.0265. The minimum atomic E-state index is -1.35. The van der Waals surface area contributed by atoms with E-state index in [4.69, 9.17) is 4.74 Å². The highest BCUT2D eigenvalue weighted by molar-refractivity contribution is 5.82. The Labute approximate surface area is 125 Å². The summed E-state index contributed by atoms with van der Waals surface area (Å²) in [5.74, 6) is 0.00889. The van der Waals surface area contributed by atoms with Crippen LogP contribution in [0.2, 0.25) is 0 Å². The lowest BCUT2D eigenvalue weighted by atomic mass is 9.75. The van der Waals surface area contributed by atoms with Crippen LogP contribution in [-0.4, -0.2) is 29.8 Å². The van der Waals surface area contributed by atoms with Crippen molar-refractivity contribution in [2.24, 2.45) is 11.8 Å². The van der Waals surface area contributed by atoms with Crippen LogP contribution in [0.15, 0.2) is 30.3 Å². The molecule has 0 spiro atoms. The molecule has 0 amide bonds. The Balaban J connectivity index is 1.82. The highest BCUT2D eigenvalue weighted by Gasteiger charge is 2.52. The topological polar surface area (TPSA) is 58.6 Å². The fourth-order valence-corrected chi connectivity index (χ4v) is 3.74. The fraction of sp³-hybridized carbons (Fsp3) is 0.588. The van der Waals surface area contributed by atoms with Gasteiger partial charge in [-0.2, -0.15) is 0 Å². The number of aliphatic hydroxyl groups is 1. The molecular formula is C17H23NO3. The fourth-order valence-electron chi connectivity index (χ4n) is 3.74. The Bertz CT molecular complexity index is 460. The maximum absolute atomic E-state index is 12.7. The lowest BCUT2D eigenvalue weighted by Gasteiger charge is -2.36. The van der Waals surface area contributed by atoms with Gasteiger partial charge in [0, 0.05) is 12.5 Å². The summed E-state index contributed by atoms with van der Waals surface area (Å²) in [7, 11) is 0. The summed E-state index contributed by atoms with van der Waals surface area (Å²) in [6, 6.07) is 9.03. The maximum atomic E-state index is 12.7. The summed E-state index contributed by atoms with van der Waals surface area (Å²) >= 11 is 0. The van der Waals surface area contributed by atoms with E-state index in [0.29, 0.717) is 12.3 Å². The van der Waals surface area contributed by atoms with Crippen molar-refractivity contribution in [3.8, 4) is 5.75 Å². The third kappa shape index (κ3) is 2.83. The van der Waals surface area contributed by atoms with Gasteiger partial charge in [0.2, 0.25) is 0 Å². The molecule has 2 N–H and O–H groups in total. The average molecular weight is 289 g/mol. The van der Waals surface area contributed by atoms with Crippen LogP contribution in [0.3, 0.4) is 0 Å². The van der Waals surface area contributed by atoms with Crippen LogP contribution in [0.1, 0.15) is 32.1 Å². The van der Waals surface area contributed by atoms with E-state index >= 15 is 0 Å². The summed E-state index contributed by atoms with van der Waals surface area (Å²) in [4.78, 5) is 12.7. The Morgan fingerprint density at radius 3 is 2.48 bits per heavy atom. The molecule has 2 aliphatic rings. The molecule has 1 aromatic carbocycles. The molecule has 1 aliphatic heterocycles. The van der Waals surface area contributed by atoms with E-state index in [1.165, 1.54) is 0 Å². The van der Waals surface area contributed by atoms with Crippen molar-refractivity contribution in [1.29, 1.82) is 0 Å². The first-order chi connectivity index (χ1) is 10.2. The van der Waals surface area contributed by atoms with Gasteiger partial charge in [0.05, 0.1) is 0 Å². The molecule has 3 rings (SSSR count). The van der Waals surface area contributed by atoms with Gasteiger partial charge in [-0.3, -0.25) is 0 Å². The Morgan fingerprint density at radius 2 is 1.86 bits per heavy atom. The molecule has 114 valence electrons. The number of esters is 1. The van der Waals surface area contributed by atoms with Crippen LogP contribution in [-0.2, 0) is 4.79 Å². The Morgan fingerprint density at radius 1 is 1.14 bits per heavy atom. The van der Waals surface area contributed by atoms with Crippen molar-refractivity contribution < 1.29 is 14.6 Å². The molecule has 21 heavy (non-hydrogen) atoms. The summed E-state index contributed by atoms with van der Waals surface area (Å²) in [6.07, 6.45) is 4.84. The Hall–Kier alpha value is -1.39. The largest absolute Gasteiger partial charge is 0.424 e. The second-order valence-electron chi connectivity index (χ2n) is 6.20. The van der Waals surface area contributed by atoms with Crippen molar-refractivity contribution in [2.45, 2.75) is 37.7 Å². The third-order valence-electron chi connectivity index (χ3n) is 4.94. The monoisotopic (exact) mass is 289 g/mol. The van der Waals surface area contributed by atoms with Crippen LogP contribution < -0.4 is 10.1 Å². The van der Waals surface area contributed by atoms with E-state index in [-0.39, 0.29) is 11.8 Å². The van der Waals surface area contributed by atoms with E-state index in [1.54, 1.807) is 12.1 Å². The van der Waals surface area contributed by atoms with Gasteiger partial charge in [-0.05, 0) is 43.9 Å². The van der Waals surface area contributed by atoms with Gasteiger partial charge in [-0.25, -0.2) is 4.79 Å². The van der Waals surface area contributed by atoms with Gasteiger partial charge >= 0.3 is 5.97 Å². The highest BCUT2D eigenvalue weighted by atomic mass is 16.6. The van der Waals surface area contributed by atoms with Crippen molar-refractivity contribution in [1.82, 2.24) is 5.32 Å². The minimum Gasteiger partial charge on any atom is -0.424 e. The molecule has 1 aliphatic carbocycles. The first-order valence-corrected chi connectivity index (χ1v) is 7.91. The molecule has 1 saturated heterocycles. The number of para-hydroxylation sites is 1. The summed E-state index contributed by atoms with van der Waals surface area (Å²) in [5.41, 5.74) is -1.35. The third-order valence-corrected chi connectivity index (χ3v) is 4.94. The van der Waals surface area contributed by atoms with E-state index in [2.05, 4.69) is 5.32 Å². The second kappa shape index (κ2) is 6.16. The van der Waals surface area contributed by atoms with E-state index in [1.807, 2.05) is 18.2 Å². The van der Waals surface area contributed by atoms with Gasteiger partial charge in [-0.15, -0.1) is 0 Å². The number of ether oxygens (including phenoxy) is 1. The van der Waals surface area contributed by atoms with Crippen LogP contribution in [0.5, 0.6) is 5.75 Å². The first kappa shape index (κ1) is 14.5. The van der Waals surface area contributed by atoms with E-state index < -0.39 is 11.6 Å². The zero-order chi connectivity index (χ0) is 14.7. The van der Waals surface area contributed by atoms with Crippen LogP contribution in [0, 0.1) is 11.8 Å². The van der Waals surface area contributed by atoms with Gasteiger partial charge < -0.3 is 15.2 Å². The summed E-state index contributed by atoms with van der Waals surface area (Å²) < 4.78 is 5.49. The average Bonchev–Trinajstić information content (AvgIpc) is 3.21. The zero-order valence-electron chi connectivity index (χ0n) is 12.3. The van der Waals surface area contributed by atoms with Crippen molar-refractivity contribution in [3.05, 3.63) is 30.3 Å². The van der Waals surface area contributed by atoms with Gasteiger partial charge in [0.25, 0.3) is 0 Å². The maximum Gasteiger partial charge on any atom is 0.344 e. The molecule has 0 bridgehead atoms. The first-order valence-electron chi connectivity index (χ1n) is 7.91. The van der Waals surface area contributed by atoms with Crippen LogP contribution in [0.25, 0.3) is 0 Å². The number of hydrogen-bond donors (Lipinski definition) is 2. The van der Waals surface area contributed by atoms with Gasteiger partial charge in [0.15, 0.2) is 5.60 Å². The smallest absolute Gasteiger partial charge is 0.344 e. The zero-order valence-corrected chi connectivity index (χ0v) is 12.3. The number of carbonyl (C=O) groups excluding carboxylic acids is 1. The highest BCUT2D eigenvalue weighted by Crippen LogP contribution is 2.41. The number of nitrogens with one attached hydrogen (secondary N) is 1. The van der Waals surface area contributed by atoms with Crippen molar-refractivity contribution >= 4 is 5.97 Å². The predicted molar refractivity (Wildman–Crippen MR) is 80.0 cm³/mol. The standard InChI is InChI=1S/C17H23NO3/c19-16(21-15-8-2-1-3-9-15)17(20,13-6-4-5-7-13)14-10-11-18-12-14/h1-3,8-9,13-14,18,20H,4-7,10-12H2/t14-,17+/m0/s1. The Kier molecular flexibility index (Phi) is 4.27. The molecule has 1 heterocycles. The normalized spacial score (nSPS) is 25.7. The van der Waals surface area contributed by atoms with Gasteiger partial charge in [0.1, 0.15) is 5.75 Å². The van der Waals surface area contributed by atoms with Crippen molar-refractivity contribution in [3.63, 3.8) is 0 Å². The quantitative estimate of drug-likeness (QED) is 0.658. The molecule has 0 radical (unpaired) electrons. The lowest BCUT2D eigenvalue weighted by molar-refractivity contribution is -0.169. The molecular weight excluding hydrogens is 266 g/mol. The molecule has 1 saturated carbocycles. The lowest BCUT2D eigenvalue weighted by Crippen LogP contribution is -2.54. The molecule has 2 fully saturated rings. The SMILES string of the molecule is O=C(Oc1ccccc1)[C@@](O)(C1CCCC1)[C@H]1CCNC1. The second-order valence-corrected chi connectivity index (χ2v) is 6.20. The van der Waals surface area contributed by atoms with E-state index in [9.17, 15) is 9.90 Å². The summed E-state index contributed by atoms with van der Waals surface area (Å²) in [5, 5.41) is 14.5. The van der Waals surface area contributed by atoms with E-state index in [0.717, 1.165) is 38.6 Å². The molecule has 2 atom stereocenters. The summed E-state index contributed by atoms with van der Waals surface area (Å²) in [6.45, 7) is 1.55. The van der Waals surface area contributed by atoms with Crippen LogP contribution >= 0.6 is 0 Å². The predicted octanol–water partition coefficient (Wildman–Crippen LogP) is 2.12. The molecule has 0 aromatic heterocycles. The molecule has 0 unspecified atom stereocenters.